The number of nitrogens with two attached hydrogens (primary N) is 1. The smallest absolute Gasteiger partial charge is 0.266 e. The lowest BCUT2D eigenvalue weighted by Crippen LogP contribution is -2.12. The summed E-state index contributed by atoms with van der Waals surface area (Å²) in [5, 5.41) is 0. The zero-order valence-electron chi connectivity index (χ0n) is 13.9. The normalized spacial score (nSPS) is 10.5. The first-order valence-corrected chi connectivity index (χ1v) is 8.79. The van der Waals surface area contributed by atoms with Crippen molar-refractivity contribution in [1.82, 2.24) is 4.98 Å². The van der Waals surface area contributed by atoms with Crippen LogP contribution in [0.15, 0.2) is 70.1 Å². The fraction of sp³-hybridized carbons (Fsp3) is 0.100. The highest BCUT2D eigenvalue weighted by Gasteiger charge is 2.14. The summed E-state index contributed by atoms with van der Waals surface area (Å²) in [6.07, 6.45) is 2.12. The number of ether oxygens (including phenoxy) is 1. The lowest BCUT2D eigenvalue weighted by molar-refractivity contribution is 0.1000. The van der Waals surface area contributed by atoms with Crippen LogP contribution in [0.3, 0.4) is 0 Å². The number of hydrogen-bond donors (Lipinski definition) is 2. The number of amides is 1. The first-order valence-electron chi connectivity index (χ1n) is 8.00. The van der Waals surface area contributed by atoms with Crippen molar-refractivity contribution in [3.63, 3.8) is 0 Å². The van der Waals surface area contributed by atoms with Crippen molar-refractivity contribution < 1.29 is 9.53 Å². The molecule has 0 aliphatic rings. The van der Waals surface area contributed by atoms with Gasteiger partial charge in [-0.2, -0.15) is 0 Å². The number of primary amides is 1. The Kier molecular flexibility index (Phi) is 5.53. The summed E-state index contributed by atoms with van der Waals surface area (Å²) in [4.78, 5) is 26.0. The van der Waals surface area contributed by atoms with Crippen LogP contribution in [0.4, 0.5) is 0 Å². The van der Waals surface area contributed by atoms with Crippen LogP contribution in [0, 0.1) is 0 Å². The molecule has 0 atom stereocenters. The van der Waals surface area contributed by atoms with Crippen LogP contribution in [0.1, 0.15) is 27.0 Å². The van der Waals surface area contributed by atoms with Crippen molar-refractivity contribution in [2.45, 2.75) is 13.0 Å². The van der Waals surface area contributed by atoms with Gasteiger partial charge in [0, 0.05) is 23.7 Å². The van der Waals surface area contributed by atoms with E-state index in [1.54, 1.807) is 24.4 Å². The fourth-order valence-corrected chi connectivity index (χ4v) is 3.08. The Labute approximate surface area is 159 Å². The van der Waals surface area contributed by atoms with Crippen LogP contribution in [-0.2, 0) is 13.0 Å². The molecule has 6 heteroatoms. The highest BCUT2D eigenvalue weighted by atomic mass is 79.9. The van der Waals surface area contributed by atoms with Crippen molar-refractivity contribution in [3.8, 4) is 5.75 Å². The van der Waals surface area contributed by atoms with Gasteiger partial charge in [0.15, 0.2) is 0 Å². The van der Waals surface area contributed by atoms with E-state index < -0.39 is 5.91 Å². The second-order valence-electron chi connectivity index (χ2n) is 5.80. The minimum Gasteiger partial charge on any atom is -0.487 e. The van der Waals surface area contributed by atoms with E-state index in [9.17, 15) is 9.59 Å². The molecule has 0 fully saturated rings. The summed E-state index contributed by atoms with van der Waals surface area (Å²) in [6.45, 7) is 0.344. The van der Waals surface area contributed by atoms with Crippen LogP contribution < -0.4 is 16.0 Å². The second kappa shape index (κ2) is 8.01. The number of carbonyl (C=O) groups is 1. The van der Waals surface area contributed by atoms with Gasteiger partial charge in [-0.3, -0.25) is 9.59 Å². The summed E-state index contributed by atoms with van der Waals surface area (Å²) in [6, 6.07) is 16.8. The van der Waals surface area contributed by atoms with E-state index in [1.807, 2.05) is 36.4 Å². The number of benzene rings is 2. The van der Waals surface area contributed by atoms with Crippen LogP contribution in [-0.4, -0.2) is 10.9 Å². The molecule has 5 nitrogen and oxygen atoms in total. The molecular formula is C20H17BrN2O3. The monoisotopic (exact) mass is 412 g/mol. The molecule has 0 aliphatic heterocycles. The molecule has 0 aliphatic carbocycles. The van der Waals surface area contributed by atoms with E-state index in [-0.39, 0.29) is 5.56 Å². The largest absolute Gasteiger partial charge is 0.487 e. The second-order valence-corrected chi connectivity index (χ2v) is 6.59. The number of carbonyl (C=O) groups excluding carboxylic acids is 1. The zero-order chi connectivity index (χ0) is 18.5. The van der Waals surface area contributed by atoms with E-state index in [0.29, 0.717) is 28.8 Å². The van der Waals surface area contributed by atoms with Gasteiger partial charge in [-0.05, 0) is 39.2 Å². The Balaban J connectivity index is 1.89. The van der Waals surface area contributed by atoms with Crippen molar-refractivity contribution in [2.75, 3.05) is 0 Å². The van der Waals surface area contributed by atoms with Gasteiger partial charge in [-0.15, -0.1) is 0 Å². The minimum absolute atomic E-state index is 0.261. The molecule has 3 N–H and O–H groups in total. The molecule has 1 heterocycles. The Morgan fingerprint density at radius 1 is 1.08 bits per heavy atom. The predicted octanol–water partition coefficient (Wildman–Crippen LogP) is 3.41. The highest BCUT2D eigenvalue weighted by molar-refractivity contribution is 9.10. The third-order valence-electron chi connectivity index (χ3n) is 3.90. The Bertz CT molecular complexity index is 984. The van der Waals surface area contributed by atoms with E-state index in [2.05, 4.69) is 20.9 Å². The maximum absolute atomic E-state index is 12.0. The molecule has 1 aromatic heterocycles. The summed E-state index contributed by atoms with van der Waals surface area (Å²) >= 11 is 3.31. The van der Waals surface area contributed by atoms with Crippen molar-refractivity contribution in [3.05, 3.63) is 97.9 Å². The number of H-pyrrole nitrogens is 1. The minimum atomic E-state index is -0.477. The third-order valence-corrected chi connectivity index (χ3v) is 4.62. The highest BCUT2D eigenvalue weighted by Crippen LogP contribution is 2.28. The Morgan fingerprint density at radius 3 is 2.54 bits per heavy atom. The number of halogens is 1. The van der Waals surface area contributed by atoms with Gasteiger partial charge < -0.3 is 15.5 Å². The Hall–Kier alpha value is -2.86. The molecule has 0 radical (unpaired) electrons. The average Bonchev–Trinajstić information content (AvgIpc) is 2.65. The molecular weight excluding hydrogens is 396 g/mol. The van der Waals surface area contributed by atoms with Crippen molar-refractivity contribution in [1.29, 1.82) is 0 Å². The summed E-state index contributed by atoms with van der Waals surface area (Å²) in [7, 11) is 0. The predicted molar refractivity (Wildman–Crippen MR) is 103 cm³/mol. The molecule has 0 unspecified atom stereocenters. The maximum atomic E-state index is 12.0. The number of nitrogens with one attached hydrogen (secondary N) is 1. The standard InChI is InChI=1S/C20H17BrN2O3/c21-17-18(26-12-13-5-2-1-3-6-13)16(11-23-20(17)25)10-14-7-4-8-15(9-14)19(22)24/h1-9,11H,10,12H2,(H2,22,24)(H,23,25). The van der Waals surface area contributed by atoms with Gasteiger partial charge in [-0.1, -0.05) is 42.5 Å². The molecule has 132 valence electrons. The third kappa shape index (κ3) is 4.21. The Morgan fingerprint density at radius 2 is 1.81 bits per heavy atom. The van der Waals surface area contributed by atoms with Gasteiger partial charge in [0.25, 0.3) is 5.56 Å². The summed E-state index contributed by atoms with van der Waals surface area (Å²) in [5.74, 6) is 0.0112. The van der Waals surface area contributed by atoms with Crippen LogP contribution in [0.2, 0.25) is 0 Å². The summed E-state index contributed by atoms with van der Waals surface area (Å²) in [5.41, 5.74) is 8.22. The lowest BCUT2D eigenvalue weighted by Gasteiger charge is -2.13. The fourth-order valence-electron chi connectivity index (χ4n) is 2.60. The van der Waals surface area contributed by atoms with E-state index in [1.165, 1.54) is 0 Å². The van der Waals surface area contributed by atoms with E-state index in [4.69, 9.17) is 10.5 Å². The average molecular weight is 413 g/mol. The lowest BCUT2D eigenvalue weighted by atomic mass is 10.0. The number of aromatic amines is 1. The summed E-state index contributed by atoms with van der Waals surface area (Å²) < 4.78 is 6.27. The molecule has 3 aromatic rings. The van der Waals surface area contributed by atoms with Gasteiger partial charge in [0.1, 0.15) is 16.8 Å². The van der Waals surface area contributed by atoms with Gasteiger partial charge in [-0.25, -0.2) is 0 Å². The van der Waals surface area contributed by atoms with E-state index in [0.717, 1.165) is 16.7 Å². The first-order chi connectivity index (χ1) is 12.5. The number of rotatable bonds is 6. The zero-order valence-corrected chi connectivity index (χ0v) is 15.5. The molecule has 0 saturated heterocycles. The van der Waals surface area contributed by atoms with E-state index >= 15 is 0 Å². The van der Waals surface area contributed by atoms with Crippen LogP contribution in [0.25, 0.3) is 0 Å². The van der Waals surface area contributed by atoms with Crippen molar-refractivity contribution in [2.24, 2.45) is 5.73 Å². The molecule has 3 rings (SSSR count). The van der Waals surface area contributed by atoms with Crippen LogP contribution >= 0.6 is 15.9 Å². The van der Waals surface area contributed by atoms with Crippen molar-refractivity contribution >= 4 is 21.8 Å². The van der Waals surface area contributed by atoms with Crippen LogP contribution in [0.5, 0.6) is 5.75 Å². The van der Waals surface area contributed by atoms with Gasteiger partial charge >= 0.3 is 0 Å². The molecule has 26 heavy (non-hydrogen) atoms. The van der Waals surface area contributed by atoms with Gasteiger partial charge in [0.05, 0.1) is 0 Å². The molecule has 0 saturated carbocycles. The molecule has 1 amide bonds. The quantitative estimate of drug-likeness (QED) is 0.650. The molecule has 2 aromatic carbocycles. The molecule has 0 spiro atoms. The topological polar surface area (TPSA) is 85.2 Å². The number of pyridine rings is 1. The van der Waals surface area contributed by atoms with Gasteiger partial charge in [0.2, 0.25) is 5.91 Å². The first kappa shape index (κ1) is 17.9. The SMILES string of the molecule is NC(=O)c1cccc(Cc2c[nH]c(=O)c(Br)c2OCc2ccccc2)c1. The number of hydrogen-bond acceptors (Lipinski definition) is 3. The maximum Gasteiger partial charge on any atom is 0.266 e. The molecule has 0 bridgehead atoms. The number of aromatic nitrogens is 1.